The molecule has 0 saturated carbocycles. The number of aryl methyl sites for hydroxylation is 4. The average Bonchev–Trinajstić information content (AvgIpc) is 3.14. The number of rotatable bonds is 6. The van der Waals surface area contributed by atoms with E-state index in [2.05, 4.69) is 22.5 Å². The third kappa shape index (κ3) is 3.70. The first-order chi connectivity index (χ1) is 12.0. The van der Waals surface area contributed by atoms with Crippen molar-refractivity contribution < 1.29 is 9.53 Å². The fraction of sp³-hybridized carbons (Fsp3) is 0.500. The Balaban J connectivity index is 1.59. The van der Waals surface area contributed by atoms with Crippen LogP contribution in [-0.2, 0) is 37.6 Å². The van der Waals surface area contributed by atoms with Gasteiger partial charge in [0, 0.05) is 31.3 Å². The van der Waals surface area contributed by atoms with Crippen molar-refractivity contribution in [2.45, 2.75) is 52.5 Å². The number of hydrogen-bond acceptors (Lipinski definition) is 3. The molecule has 5 nitrogen and oxygen atoms in total. The molecule has 0 spiro atoms. The van der Waals surface area contributed by atoms with Crippen LogP contribution in [-0.4, -0.2) is 22.8 Å². The lowest BCUT2D eigenvalue weighted by molar-refractivity contribution is -0.121. The number of amides is 1. The SMILES string of the molecule is COc1cc2c(cc1CNC(=O)CCc1c(C)nn(C)c1C)CCC2. The summed E-state index contributed by atoms with van der Waals surface area (Å²) in [6, 6.07) is 4.32. The van der Waals surface area contributed by atoms with Crippen LogP contribution in [0.3, 0.4) is 0 Å². The highest BCUT2D eigenvalue weighted by Crippen LogP contribution is 2.29. The van der Waals surface area contributed by atoms with E-state index in [-0.39, 0.29) is 5.91 Å². The van der Waals surface area contributed by atoms with E-state index in [1.807, 2.05) is 25.6 Å². The fourth-order valence-corrected chi connectivity index (χ4v) is 3.68. The Morgan fingerprint density at radius 1 is 1.28 bits per heavy atom. The van der Waals surface area contributed by atoms with Crippen molar-refractivity contribution in [1.82, 2.24) is 15.1 Å². The van der Waals surface area contributed by atoms with Crippen molar-refractivity contribution in [3.63, 3.8) is 0 Å². The molecule has 1 aliphatic rings. The third-order valence-corrected chi connectivity index (χ3v) is 5.23. The normalized spacial score (nSPS) is 13.0. The van der Waals surface area contributed by atoms with Crippen LogP contribution in [0.2, 0.25) is 0 Å². The molecule has 2 aromatic rings. The summed E-state index contributed by atoms with van der Waals surface area (Å²) in [5.74, 6) is 0.935. The first-order valence-corrected chi connectivity index (χ1v) is 8.94. The zero-order valence-electron chi connectivity index (χ0n) is 15.6. The molecule has 0 fully saturated rings. The summed E-state index contributed by atoms with van der Waals surface area (Å²) in [5.41, 5.74) is 7.15. The van der Waals surface area contributed by atoms with E-state index >= 15 is 0 Å². The van der Waals surface area contributed by atoms with Gasteiger partial charge in [0.05, 0.1) is 12.8 Å². The molecular weight excluding hydrogens is 314 g/mol. The van der Waals surface area contributed by atoms with Gasteiger partial charge in [-0.2, -0.15) is 5.10 Å². The smallest absolute Gasteiger partial charge is 0.220 e. The highest BCUT2D eigenvalue weighted by atomic mass is 16.5. The molecule has 1 aromatic heterocycles. The monoisotopic (exact) mass is 341 g/mol. The lowest BCUT2D eigenvalue weighted by Gasteiger charge is -2.12. The first-order valence-electron chi connectivity index (χ1n) is 8.94. The van der Waals surface area contributed by atoms with Crippen LogP contribution in [0.4, 0.5) is 0 Å². The van der Waals surface area contributed by atoms with E-state index in [1.54, 1.807) is 7.11 Å². The molecule has 1 N–H and O–H groups in total. The number of nitrogens with zero attached hydrogens (tertiary/aromatic N) is 2. The molecule has 0 bridgehead atoms. The van der Waals surface area contributed by atoms with Gasteiger partial charge in [-0.25, -0.2) is 0 Å². The molecule has 1 aliphatic carbocycles. The molecule has 1 aromatic carbocycles. The fourth-order valence-electron chi connectivity index (χ4n) is 3.68. The van der Waals surface area contributed by atoms with Crippen LogP contribution >= 0.6 is 0 Å². The van der Waals surface area contributed by atoms with E-state index in [0.29, 0.717) is 13.0 Å². The summed E-state index contributed by atoms with van der Waals surface area (Å²) >= 11 is 0. The van der Waals surface area contributed by atoms with Gasteiger partial charge < -0.3 is 10.1 Å². The van der Waals surface area contributed by atoms with Gasteiger partial charge in [0.1, 0.15) is 5.75 Å². The number of aromatic nitrogens is 2. The lowest BCUT2D eigenvalue weighted by atomic mass is 10.0. The van der Waals surface area contributed by atoms with Crippen molar-refractivity contribution >= 4 is 5.91 Å². The molecule has 3 rings (SSSR count). The number of carbonyl (C=O) groups is 1. The minimum atomic E-state index is 0.0604. The maximum atomic E-state index is 12.3. The maximum Gasteiger partial charge on any atom is 0.220 e. The van der Waals surface area contributed by atoms with Gasteiger partial charge in [-0.15, -0.1) is 0 Å². The summed E-state index contributed by atoms with van der Waals surface area (Å²) in [4.78, 5) is 12.3. The quantitative estimate of drug-likeness (QED) is 0.879. The Kier molecular flexibility index (Phi) is 5.11. The van der Waals surface area contributed by atoms with E-state index in [9.17, 15) is 4.79 Å². The minimum Gasteiger partial charge on any atom is -0.496 e. The average molecular weight is 341 g/mol. The summed E-state index contributed by atoms with van der Waals surface area (Å²) < 4.78 is 7.38. The number of hydrogen-bond donors (Lipinski definition) is 1. The number of nitrogens with one attached hydrogen (secondary N) is 1. The largest absolute Gasteiger partial charge is 0.496 e. The zero-order valence-corrected chi connectivity index (χ0v) is 15.6. The molecule has 0 saturated heterocycles. The molecule has 1 amide bonds. The molecule has 5 heteroatoms. The lowest BCUT2D eigenvalue weighted by Crippen LogP contribution is -2.23. The van der Waals surface area contributed by atoms with Gasteiger partial charge >= 0.3 is 0 Å². The Morgan fingerprint density at radius 3 is 2.64 bits per heavy atom. The van der Waals surface area contributed by atoms with Crippen molar-refractivity contribution in [1.29, 1.82) is 0 Å². The number of methoxy groups -OCH3 is 1. The van der Waals surface area contributed by atoms with E-state index in [1.165, 1.54) is 23.1 Å². The minimum absolute atomic E-state index is 0.0604. The number of fused-ring (bicyclic) bond motifs is 1. The second kappa shape index (κ2) is 7.30. The third-order valence-electron chi connectivity index (χ3n) is 5.23. The maximum absolute atomic E-state index is 12.3. The number of carbonyl (C=O) groups excluding carboxylic acids is 1. The van der Waals surface area contributed by atoms with E-state index in [4.69, 9.17) is 4.74 Å². The van der Waals surface area contributed by atoms with Crippen LogP contribution in [0.25, 0.3) is 0 Å². The molecule has 1 heterocycles. The molecule has 0 aliphatic heterocycles. The van der Waals surface area contributed by atoms with Crippen molar-refractivity contribution in [3.05, 3.63) is 45.8 Å². The molecular formula is C20H27N3O2. The van der Waals surface area contributed by atoms with Gasteiger partial charge in [-0.05, 0) is 62.3 Å². The Labute approximate surface area is 149 Å². The van der Waals surface area contributed by atoms with Gasteiger partial charge in [-0.1, -0.05) is 6.07 Å². The topological polar surface area (TPSA) is 56.1 Å². The second-order valence-electron chi connectivity index (χ2n) is 6.84. The highest BCUT2D eigenvalue weighted by Gasteiger charge is 2.16. The molecule has 0 atom stereocenters. The Morgan fingerprint density at radius 2 is 2.00 bits per heavy atom. The summed E-state index contributed by atoms with van der Waals surface area (Å²) in [6.07, 6.45) is 4.65. The van der Waals surface area contributed by atoms with Crippen LogP contribution < -0.4 is 10.1 Å². The summed E-state index contributed by atoms with van der Waals surface area (Å²) in [7, 11) is 3.63. The standard InChI is InChI=1S/C20H27N3O2/c1-13-18(14(2)23(3)22-13)8-9-20(24)21-12-17-10-15-6-5-7-16(15)11-19(17)25-4/h10-11H,5-9,12H2,1-4H3,(H,21,24). The second-order valence-corrected chi connectivity index (χ2v) is 6.84. The summed E-state index contributed by atoms with van der Waals surface area (Å²) in [5, 5.41) is 7.44. The van der Waals surface area contributed by atoms with E-state index < -0.39 is 0 Å². The van der Waals surface area contributed by atoms with Crippen molar-refractivity contribution in [3.8, 4) is 5.75 Å². The van der Waals surface area contributed by atoms with Crippen molar-refractivity contribution in [2.75, 3.05) is 7.11 Å². The molecule has 0 unspecified atom stereocenters. The number of ether oxygens (including phenoxy) is 1. The molecule has 134 valence electrons. The van der Waals surface area contributed by atoms with E-state index in [0.717, 1.165) is 42.0 Å². The van der Waals surface area contributed by atoms with Gasteiger partial charge in [0.2, 0.25) is 5.91 Å². The van der Waals surface area contributed by atoms with Crippen LogP contribution in [0.15, 0.2) is 12.1 Å². The predicted octanol–water partition coefficient (Wildman–Crippen LogP) is 2.78. The highest BCUT2D eigenvalue weighted by molar-refractivity contribution is 5.76. The Hall–Kier alpha value is -2.30. The van der Waals surface area contributed by atoms with Crippen LogP contribution in [0, 0.1) is 13.8 Å². The van der Waals surface area contributed by atoms with Gasteiger partial charge in [0.25, 0.3) is 0 Å². The van der Waals surface area contributed by atoms with Gasteiger partial charge in [0.15, 0.2) is 0 Å². The van der Waals surface area contributed by atoms with Gasteiger partial charge in [-0.3, -0.25) is 9.48 Å². The molecule has 25 heavy (non-hydrogen) atoms. The molecule has 0 radical (unpaired) electrons. The van der Waals surface area contributed by atoms with Crippen LogP contribution in [0.1, 0.15) is 46.5 Å². The van der Waals surface area contributed by atoms with Crippen molar-refractivity contribution in [2.24, 2.45) is 7.05 Å². The Bertz CT molecular complexity index is 793. The zero-order chi connectivity index (χ0) is 18.0. The summed E-state index contributed by atoms with van der Waals surface area (Å²) in [6.45, 7) is 4.55. The number of benzene rings is 1. The first kappa shape index (κ1) is 17.5. The predicted molar refractivity (Wildman–Crippen MR) is 97.9 cm³/mol. The van der Waals surface area contributed by atoms with Crippen LogP contribution in [0.5, 0.6) is 5.75 Å².